The fourth-order valence-corrected chi connectivity index (χ4v) is 3.43. The molecular weight excluding hydrogens is 288 g/mol. The maximum absolute atomic E-state index is 13.0. The molecule has 3 heteroatoms. The standard InChI is InChI=1S/C20H22O3/c1-23-17-9-5-8-15(12-17)20(22)19-13-16(21)10-11-18(19)14-6-3-2-4-7-14/h5,8-14,21H,2-4,6-7H2,1H3. The first kappa shape index (κ1) is 15.6. The van der Waals surface area contributed by atoms with Gasteiger partial charge in [-0.25, -0.2) is 0 Å². The van der Waals surface area contributed by atoms with E-state index in [0.717, 1.165) is 18.4 Å². The van der Waals surface area contributed by atoms with Crippen molar-refractivity contribution < 1.29 is 14.6 Å². The minimum Gasteiger partial charge on any atom is -0.508 e. The number of phenols is 1. The molecule has 3 nitrogen and oxygen atoms in total. The summed E-state index contributed by atoms with van der Waals surface area (Å²) in [5.41, 5.74) is 2.27. The zero-order valence-electron chi connectivity index (χ0n) is 13.4. The average Bonchev–Trinajstić information content (AvgIpc) is 2.62. The second-order valence-electron chi connectivity index (χ2n) is 6.17. The molecule has 0 bridgehead atoms. The smallest absolute Gasteiger partial charge is 0.193 e. The van der Waals surface area contributed by atoms with Crippen LogP contribution < -0.4 is 4.74 Å². The zero-order valence-corrected chi connectivity index (χ0v) is 13.4. The molecule has 0 amide bonds. The van der Waals surface area contributed by atoms with E-state index in [9.17, 15) is 9.90 Å². The van der Waals surface area contributed by atoms with Crippen LogP contribution in [0.1, 0.15) is 59.5 Å². The zero-order chi connectivity index (χ0) is 16.2. The Morgan fingerprint density at radius 2 is 1.87 bits per heavy atom. The molecular formula is C20H22O3. The molecule has 0 radical (unpaired) electrons. The molecule has 23 heavy (non-hydrogen) atoms. The van der Waals surface area contributed by atoms with Crippen LogP contribution in [-0.2, 0) is 0 Å². The summed E-state index contributed by atoms with van der Waals surface area (Å²) in [6.07, 6.45) is 5.91. The number of carbonyl (C=O) groups excluding carboxylic acids is 1. The SMILES string of the molecule is COc1cccc(C(=O)c2cc(O)ccc2C2CCCCC2)c1. The normalized spacial score (nSPS) is 15.3. The van der Waals surface area contributed by atoms with Crippen LogP contribution in [-0.4, -0.2) is 18.0 Å². The Balaban J connectivity index is 1.99. The summed E-state index contributed by atoms with van der Waals surface area (Å²) in [4.78, 5) is 13.0. The van der Waals surface area contributed by atoms with Crippen molar-refractivity contribution in [2.75, 3.05) is 7.11 Å². The fourth-order valence-electron chi connectivity index (χ4n) is 3.43. The van der Waals surface area contributed by atoms with E-state index in [2.05, 4.69) is 0 Å². The molecule has 2 aromatic carbocycles. The van der Waals surface area contributed by atoms with Crippen LogP contribution in [0.15, 0.2) is 42.5 Å². The first-order valence-corrected chi connectivity index (χ1v) is 8.20. The molecule has 0 spiro atoms. The van der Waals surface area contributed by atoms with Gasteiger partial charge in [0.25, 0.3) is 0 Å². The van der Waals surface area contributed by atoms with Gasteiger partial charge in [0.1, 0.15) is 11.5 Å². The number of ketones is 1. The second-order valence-corrected chi connectivity index (χ2v) is 6.17. The number of rotatable bonds is 4. The molecule has 0 saturated heterocycles. The lowest BCUT2D eigenvalue weighted by molar-refractivity contribution is 0.103. The largest absolute Gasteiger partial charge is 0.508 e. The summed E-state index contributed by atoms with van der Waals surface area (Å²) >= 11 is 0. The van der Waals surface area contributed by atoms with Gasteiger partial charge in [0.2, 0.25) is 0 Å². The van der Waals surface area contributed by atoms with Gasteiger partial charge in [-0.3, -0.25) is 4.79 Å². The van der Waals surface area contributed by atoms with Crippen molar-refractivity contribution >= 4 is 5.78 Å². The van der Waals surface area contributed by atoms with E-state index in [0.29, 0.717) is 22.8 Å². The van der Waals surface area contributed by atoms with E-state index >= 15 is 0 Å². The van der Waals surface area contributed by atoms with Gasteiger partial charge in [0.15, 0.2) is 5.78 Å². The van der Waals surface area contributed by atoms with Crippen molar-refractivity contribution in [2.45, 2.75) is 38.0 Å². The summed E-state index contributed by atoms with van der Waals surface area (Å²) in [6.45, 7) is 0. The fraction of sp³-hybridized carbons (Fsp3) is 0.350. The Kier molecular flexibility index (Phi) is 4.65. The molecule has 0 heterocycles. The summed E-state index contributed by atoms with van der Waals surface area (Å²) in [6, 6.07) is 12.4. The van der Waals surface area contributed by atoms with Crippen molar-refractivity contribution in [3.63, 3.8) is 0 Å². The Morgan fingerprint density at radius 1 is 1.09 bits per heavy atom. The molecule has 2 aromatic rings. The molecule has 1 fully saturated rings. The van der Waals surface area contributed by atoms with Crippen LogP contribution in [0.25, 0.3) is 0 Å². The summed E-state index contributed by atoms with van der Waals surface area (Å²) < 4.78 is 5.21. The molecule has 1 N–H and O–H groups in total. The number of carbonyl (C=O) groups is 1. The van der Waals surface area contributed by atoms with Gasteiger partial charge in [0, 0.05) is 11.1 Å². The molecule has 0 aromatic heterocycles. The third-order valence-corrected chi connectivity index (χ3v) is 4.66. The van der Waals surface area contributed by atoms with Crippen LogP contribution in [0.4, 0.5) is 0 Å². The third-order valence-electron chi connectivity index (χ3n) is 4.66. The van der Waals surface area contributed by atoms with Crippen molar-refractivity contribution in [1.29, 1.82) is 0 Å². The van der Waals surface area contributed by atoms with Gasteiger partial charge in [-0.1, -0.05) is 37.5 Å². The van der Waals surface area contributed by atoms with Gasteiger partial charge in [-0.2, -0.15) is 0 Å². The minimum atomic E-state index is -0.0552. The predicted octanol–water partition coefficient (Wildman–Crippen LogP) is 4.68. The quantitative estimate of drug-likeness (QED) is 0.834. The molecule has 0 aliphatic heterocycles. The average molecular weight is 310 g/mol. The summed E-state index contributed by atoms with van der Waals surface area (Å²) in [5.74, 6) is 1.15. The maximum Gasteiger partial charge on any atom is 0.193 e. The Hall–Kier alpha value is -2.29. The number of aromatic hydroxyl groups is 1. The molecule has 3 rings (SSSR count). The lowest BCUT2D eigenvalue weighted by Gasteiger charge is -2.24. The monoisotopic (exact) mass is 310 g/mol. The second kappa shape index (κ2) is 6.86. The van der Waals surface area contributed by atoms with E-state index in [-0.39, 0.29) is 11.5 Å². The molecule has 0 unspecified atom stereocenters. The van der Waals surface area contributed by atoms with Gasteiger partial charge in [-0.15, -0.1) is 0 Å². The third kappa shape index (κ3) is 3.39. The van der Waals surface area contributed by atoms with Gasteiger partial charge >= 0.3 is 0 Å². The van der Waals surface area contributed by atoms with Crippen LogP contribution in [0.2, 0.25) is 0 Å². The topological polar surface area (TPSA) is 46.5 Å². The number of ether oxygens (including phenoxy) is 1. The van der Waals surface area contributed by atoms with Crippen LogP contribution >= 0.6 is 0 Å². The van der Waals surface area contributed by atoms with Crippen molar-refractivity contribution in [1.82, 2.24) is 0 Å². The van der Waals surface area contributed by atoms with Crippen molar-refractivity contribution in [2.24, 2.45) is 0 Å². The van der Waals surface area contributed by atoms with Crippen LogP contribution in [0, 0.1) is 0 Å². The molecule has 1 aliphatic carbocycles. The highest BCUT2D eigenvalue weighted by molar-refractivity contribution is 6.10. The molecule has 1 saturated carbocycles. The molecule has 0 atom stereocenters. The Labute approximate surface area is 136 Å². The number of methoxy groups -OCH3 is 1. The van der Waals surface area contributed by atoms with Gasteiger partial charge in [-0.05, 0) is 48.6 Å². The van der Waals surface area contributed by atoms with E-state index in [1.54, 1.807) is 31.4 Å². The number of phenolic OH excluding ortho intramolecular Hbond substituents is 1. The number of hydrogen-bond donors (Lipinski definition) is 1. The van der Waals surface area contributed by atoms with E-state index in [1.165, 1.54) is 19.3 Å². The van der Waals surface area contributed by atoms with E-state index in [1.807, 2.05) is 18.2 Å². The highest BCUT2D eigenvalue weighted by atomic mass is 16.5. The summed E-state index contributed by atoms with van der Waals surface area (Å²) in [7, 11) is 1.59. The highest BCUT2D eigenvalue weighted by Crippen LogP contribution is 2.36. The van der Waals surface area contributed by atoms with Crippen LogP contribution in [0.3, 0.4) is 0 Å². The van der Waals surface area contributed by atoms with Crippen LogP contribution in [0.5, 0.6) is 11.5 Å². The predicted molar refractivity (Wildman–Crippen MR) is 90.4 cm³/mol. The molecule has 1 aliphatic rings. The summed E-state index contributed by atoms with van der Waals surface area (Å²) in [5, 5.41) is 9.86. The van der Waals surface area contributed by atoms with E-state index in [4.69, 9.17) is 4.74 Å². The first-order chi connectivity index (χ1) is 11.2. The van der Waals surface area contributed by atoms with E-state index < -0.39 is 0 Å². The lowest BCUT2D eigenvalue weighted by Crippen LogP contribution is -2.11. The first-order valence-electron chi connectivity index (χ1n) is 8.20. The van der Waals surface area contributed by atoms with Crippen molar-refractivity contribution in [3.05, 3.63) is 59.2 Å². The highest BCUT2D eigenvalue weighted by Gasteiger charge is 2.22. The number of benzene rings is 2. The maximum atomic E-state index is 13.0. The van der Waals surface area contributed by atoms with Gasteiger partial charge < -0.3 is 9.84 Å². The van der Waals surface area contributed by atoms with Gasteiger partial charge in [0.05, 0.1) is 7.11 Å². The molecule has 120 valence electrons. The van der Waals surface area contributed by atoms with Crippen molar-refractivity contribution in [3.8, 4) is 11.5 Å². The lowest BCUT2D eigenvalue weighted by atomic mass is 9.80. The Morgan fingerprint density at radius 3 is 2.61 bits per heavy atom. The number of hydrogen-bond acceptors (Lipinski definition) is 3. The Bertz CT molecular complexity index is 700. The minimum absolute atomic E-state index is 0.0552.